The lowest BCUT2D eigenvalue weighted by molar-refractivity contribution is 0.590. The van der Waals surface area contributed by atoms with E-state index >= 15 is 0 Å². The summed E-state index contributed by atoms with van der Waals surface area (Å²) in [5.74, 6) is 0. The topological polar surface area (TPSA) is 37.7 Å². The highest BCUT2D eigenvalue weighted by Gasteiger charge is 2.44. The Balaban J connectivity index is 1.14. The van der Waals surface area contributed by atoms with Crippen LogP contribution in [0.4, 0.5) is 34.1 Å². The van der Waals surface area contributed by atoms with Crippen molar-refractivity contribution in [2.75, 3.05) is 9.80 Å². The van der Waals surface area contributed by atoms with Gasteiger partial charge in [0.05, 0.1) is 11.2 Å². The van der Waals surface area contributed by atoms with Gasteiger partial charge in [0.25, 0.3) is 6.71 Å². The van der Waals surface area contributed by atoms with Gasteiger partial charge in [0, 0.05) is 55.7 Å². The van der Waals surface area contributed by atoms with E-state index in [4.69, 9.17) is 8.83 Å². The molecule has 5 nitrogen and oxygen atoms in total. The van der Waals surface area contributed by atoms with E-state index < -0.39 is 0 Å². The Labute approximate surface area is 404 Å². The van der Waals surface area contributed by atoms with E-state index in [2.05, 4.69) is 241 Å². The first-order chi connectivity index (χ1) is 33.0. The fourth-order valence-electron chi connectivity index (χ4n) is 11.5. The molecule has 0 saturated carbocycles. The Morgan fingerprint density at radius 1 is 0.420 bits per heavy atom. The Kier molecular flexibility index (Phi) is 8.65. The van der Waals surface area contributed by atoms with E-state index in [1.165, 1.54) is 49.8 Å². The Hall–Kier alpha value is -7.44. The predicted octanol–water partition coefficient (Wildman–Crippen LogP) is 15.7. The van der Waals surface area contributed by atoms with Crippen molar-refractivity contribution in [2.45, 2.75) is 85.5 Å². The number of hydrogen-bond donors (Lipinski definition) is 0. The molecule has 6 heteroatoms. The van der Waals surface area contributed by atoms with Crippen LogP contribution in [-0.4, -0.2) is 11.3 Å². The zero-order chi connectivity index (χ0) is 47.5. The molecule has 0 saturated heterocycles. The van der Waals surface area contributed by atoms with Crippen LogP contribution in [0.15, 0.2) is 167 Å². The van der Waals surface area contributed by atoms with Crippen LogP contribution in [0, 0.1) is 6.92 Å². The van der Waals surface area contributed by atoms with E-state index in [1.54, 1.807) is 0 Å². The third-order valence-corrected chi connectivity index (χ3v) is 15.1. The fourth-order valence-corrected chi connectivity index (χ4v) is 11.5. The molecule has 0 fully saturated rings. The average molecular weight is 898 g/mol. The molecule has 69 heavy (non-hydrogen) atoms. The molecule has 0 atom stereocenters. The van der Waals surface area contributed by atoms with Crippen molar-refractivity contribution in [1.29, 1.82) is 0 Å². The minimum Gasteiger partial charge on any atom is -0.454 e. The van der Waals surface area contributed by atoms with Crippen LogP contribution in [0.3, 0.4) is 0 Å². The van der Waals surface area contributed by atoms with Gasteiger partial charge in [0.2, 0.25) is 0 Å². The summed E-state index contributed by atoms with van der Waals surface area (Å²) in [7, 11) is 0. The minimum atomic E-state index is -0.114. The van der Waals surface area contributed by atoms with Crippen molar-refractivity contribution >= 4 is 112 Å². The number of furan rings is 2. The summed E-state index contributed by atoms with van der Waals surface area (Å²) in [6, 6.07) is 58.8. The second-order valence-electron chi connectivity index (χ2n) is 22.7. The molecule has 8 aromatic carbocycles. The number of aromatic nitrogens is 1. The molecule has 0 aliphatic carbocycles. The minimum absolute atomic E-state index is 0.0251. The van der Waals surface area contributed by atoms with Crippen LogP contribution in [0.1, 0.15) is 84.6 Å². The number of para-hydroxylation sites is 3. The van der Waals surface area contributed by atoms with Crippen molar-refractivity contribution in [2.24, 2.45) is 0 Å². The highest BCUT2D eigenvalue weighted by atomic mass is 16.3. The van der Waals surface area contributed by atoms with Crippen molar-refractivity contribution in [3.05, 3.63) is 180 Å². The fraction of sp³-hybridized carbons (Fsp3) is 0.206. The number of hydrogen-bond acceptors (Lipinski definition) is 4. The van der Waals surface area contributed by atoms with Crippen LogP contribution in [0.5, 0.6) is 0 Å². The number of anilines is 6. The molecule has 13 rings (SSSR count). The van der Waals surface area contributed by atoms with Crippen molar-refractivity contribution in [3.63, 3.8) is 0 Å². The van der Waals surface area contributed by atoms with Gasteiger partial charge in [-0.3, -0.25) is 0 Å². The molecule has 0 radical (unpaired) electrons. The molecule has 2 aliphatic heterocycles. The summed E-state index contributed by atoms with van der Waals surface area (Å²) in [4.78, 5) is 4.94. The molecule has 0 N–H and O–H groups in total. The number of benzene rings is 8. The summed E-state index contributed by atoms with van der Waals surface area (Å²) >= 11 is 0. The summed E-state index contributed by atoms with van der Waals surface area (Å²) in [6.07, 6.45) is 0. The maximum atomic E-state index is 6.96. The molecule has 0 bridgehead atoms. The van der Waals surface area contributed by atoms with E-state index in [-0.39, 0.29) is 23.0 Å². The monoisotopic (exact) mass is 897 g/mol. The number of fused-ring (bicyclic) bond motifs is 12. The molecule has 0 spiro atoms. The largest absolute Gasteiger partial charge is 0.454 e. The van der Waals surface area contributed by atoms with Gasteiger partial charge in [-0.05, 0) is 141 Å². The van der Waals surface area contributed by atoms with Gasteiger partial charge < -0.3 is 23.2 Å². The molecular formula is C63H56BN3O2. The van der Waals surface area contributed by atoms with Crippen LogP contribution in [0.25, 0.3) is 60.6 Å². The molecular weight excluding hydrogens is 842 g/mol. The Morgan fingerprint density at radius 2 is 0.986 bits per heavy atom. The van der Waals surface area contributed by atoms with Crippen molar-refractivity contribution in [3.8, 4) is 5.69 Å². The second kappa shape index (κ2) is 14.3. The van der Waals surface area contributed by atoms with Crippen molar-refractivity contribution in [1.82, 2.24) is 4.57 Å². The zero-order valence-corrected chi connectivity index (χ0v) is 41.2. The van der Waals surface area contributed by atoms with Crippen molar-refractivity contribution < 1.29 is 8.83 Å². The summed E-state index contributed by atoms with van der Waals surface area (Å²) in [5, 5.41) is 4.49. The third kappa shape index (κ3) is 6.16. The molecule has 2 aliphatic rings. The summed E-state index contributed by atoms with van der Waals surface area (Å²) < 4.78 is 16.4. The Bertz CT molecular complexity index is 3860. The van der Waals surface area contributed by atoms with E-state index in [0.29, 0.717) is 0 Å². The smallest absolute Gasteiger partial charge is 0.252 e. The van der Waals surface area contributed by atoms with Gasteiger partial charge >= 0.3 is 0 Å². The normalized spacial score (nSPS) is 13.6. The standard InChI is InChI=1S/C63H56BN3O2/c1-37-32-52-56-53(33-37)67-57-47(60-58(67)46-17-12-14-21-55(46)69-60)34-40(63(8,9)10)35-49(57)64(56)48-31-30-43(36-51(48)66(52)50-19-15-18-45-44-16-11-13-20-54(44)68-59(45)50)65(41-26-22-38(23-27-41)61(2,3)4)42-28-24-39(25-29-42)62(5,6)7/h11-36H,1-10H3. The van der Waals surface area contributed by atoms with E-state index in [0.717, 1.165) is 83.5 Å². The van der Waals surface area contributed by atoms with Gasteiger partial charge in [-0.2, -0.15) is 0 Å². The molecule has 11 aromatic rings. The first-order valence-corrected chi connectivity index (χ1v) is 24.5. The van der Waals surface area contributed by atoms with Gasteiger partial charge in [0.1, 0.15) is 16.7 Å². The number of nitrogens with zero attached hydrogens (tertiary/aromatic N) is 3. The summed E-state index contributed by atoms with van der Waals surface area (Å²) in [6.45, 7) is 22.8. The number of rotatable bonds is 4. The van der Waals surface area contributed by atoms with Crippen LogP contribution in [-0.2, 0) is 16.2 Å². The van der Waals surface area contributed by atoms with Gasteiger partial charge in [0.15, 0.2) is 11.2 Å². The third-order valence-electron chi connectivity index (χ3n) is 15.1. The highest BCUT2D eigenvalue weighted by molar-refractivity contribution is 7.00. The van der Waals surface area contributed by atoms with Crippen LogP contribution < -0.4 is 26.2 Å². The average Bonchev–Trinajstić information content (AvgIpc) is 3.99. The zero-order valence-electron chi connectivity index (χ0n) is 41.2. The highest BCUT2D eigenvalue weighted by Crippen LogP contribution is 2.49. The molecule has 5 heterocycles. The lowest BCUT2D eigenvalue weighted by Gasteiger charge is -2.41. The molecule has 0 amide bonds. The molecule has 0 unspecified atom stereocenters. The maximum Gasteiger partial charge on any atom is 0.252 e. The van der Waals surface area contributed by atoms with E-state index in [1.807, 2.05) is 0 Å². The second-order valence-corrected chi connectivity index (χ2v) is 22.7. The number of aryl methyl sites for hydroxylation is 1. The van der Waals surface area contributed by atoms with Gasteiger partial charge in [-0.1, -0.05) is 141 Å². The Morgan fingerprint density at radius 3 is 1.64 bits per heavy atom. The lowest BCUT2D eigenvalue weighted by Crippen LogP contribution is -2.60. The lowest BCUT2D eigenvalue weighted by atomic mass is 9.33. The molecule has 338 valence electrons. The molecule has 3 aromatic heterocycles. The summed E-state index contributed by atoms with van der Waals surface area (Å²) in [5.41, 5.74) is 22.6. The van der Waals surface area contributed by atoms with Crippen LogP contribution in [0.2, 0.25) is 0 Å². The van der Waals surface area contributed by atoms with E-state index in [9.17, 15) is 0 Å². The van der Waals surface area contributed by atoms with Crippen LogP contribution >= 0.6 is 0 Å². The SMILES string of the molecule is Cc1cc2c3c(c1)-n1c4c(cc(C(C)(C)C)cc4c4oc5ccccc5c41)B3c1ccc(N(c3ccc(C(C)(C)C)cc3)c3ccc(C(C)(C)C)cc3)cc1N2c1cccc2c1oc1ccccc12. The maximum absolute atomic E-state index is 6.96. The first kappa shape index (κ1) is 41.7. The predicted molar refractivity (Wildman–Crippen MR) is 293 cm³/mol. The first-order valence-electron chi connectivity index (χ1n) is 24.5. The quantitative estimate of drug-likeness (QED) is 0.165. The van der Waals surface area contributed by atoms with Gasteiger partial charge in [-0.25, -0.2) is 0 Å². The van der Waals surface area contributed by atoms with Gasteiger partial charge in [-0.15, -0.1) is 0 Å².